The predicted molar refractivity (Wildman–Crippen MR) is 279 cm³/mol. The smallest absolute Gasteiger partial charge is 0.306 e. The molecular formula is C59H100O6. The number of carbonyl (C=O) groups excluding carboxylic acids is 3. The summed E-state index contributed by atoms with van der Waals surface area (Å²) < 4.78 is 16.8. The summed E-state index contributed by atoms with van der Waals surface area (Å²) in [4.78, 5) is 38.1. The summed E-state index contributed by atoms with van der Waals surface area (Å²) in [5, 5.41) is 0. The Bertz CT molecular complexity index is 1270. The molecule has 0 radical (unpaired) electrons. The van der Waals surface area contributed by atoms with Crippen LogP contribution in [-0.2, 0) is 28.6 Å². The van der Waals surface area contributed by atoms with E-state index >= 15 is 0 Å². The summed E-state index contributed by atoms with van der Waals surface area (Å²) in [6, 6.07) is 0. The lowest BCUT2D eigenvalue weighted by Crippen LogP contribution is -2.30. The first-order chi connectivity index (χ1) is 32.0. The Labute approximate surface area is 401 Å². The van der Waals surface area contributed by atoms with Gasteiger partial charge in [-0.2, -0.15) is 0 Å². The van der Waals surface area contributed by atoms with Crippen molar-refractivity contribution in [2.75, 3.05) is 13.2 Å². The molecule has 65 heavy (non-hydrogen) atoms. The second-order valence-corrected chi connectivity index (χ2v) is 17.8. The molecule has 0 aromatic heterocycles. The lowest BCUT2D eigenvalue weighted by Gasteiger charge is -2.18. The third kappa shape index (κ3) is 51.4. The van der Waals surface area contributed by atoms with Crippen LogP contribution < -0.4 is 0 Å². The molecule has 0 heterocycles. The molecule has 0 bridgehead atoms. The van der Waals surface area contributed by atoms with E-state index in [9.17, 15) is 14.4 Å². The van der Waals surface area contributed by atoms with Crippen molar-refractivity contribution in [3.63, 3.8) is 0 Å². The van der Waals surface area contributed by atoms with Crippen LogP contribution in [0.1, 0.15) is 252 Å². The Morgan fingerprint density at radius 3 is 1.05 bits per heavy atom. The summed E-state index contributed by atoms with van der Waals surface area (Å²) in [5.41, 5.74) is 0. The van der Waals surface area contributed by atoms with E-state index in [1.165, 1.54) is 103 Å². The normalized spacial score (nSPS) is 12.7. The van der Waals surface area contributed by atoms with Crippen LogP contribution >= 0.6 is 0 Å². The molecule has 0 aliphatic heterocycles. The Morgan fingerprint density at radius 1 is 0.338 bits per heavy atom. The Balaban J connectivity index is 4.43. The number of hydrogen-bond acceptors (Lipinski definition) is 6. The van der Waals surface area contributed by atoms with Crippen molar-refractivity contribution in [1.82, 2.24) is 0 Å². The first-order valence-electron chi connectivity index (χ1n) is 27.1. The first kappa shape index (κ1) is 61.6. The molecule has 6 heteroatoms. The highest BCUT2D eigenvalue weighted by atomic mass is 16.6. The zero-order valence-electron chi connectivity index (χ0n) is 42.5. The minimum Gasteiger partial charge on any atom is -0.462 e. The van der Waals surface area contributed by atoms with Crippen molar-refractivity contribution in [2.24, 2.45) is 0 Å². The van der Waals surface area contributed by atoms with Gasteiger partial charge in [0.05, 0.1) is 0 Å². The van der Waals surface area contributed by atoms with Gasteiger partial charge in [0.1, 0.15) is 13.2 Å². The molecule has 0 aliphatic rings. The fourth-order valence-electron chi connectivity index (χ4n) is 7.33. The number of hydrogen-bond donors (Lipinski definition) is 0. The molecular weight excluding hydrogens is 805 g/mol. The van der Waals surface area contributed by atoms with Crippen LogP contribution in [0.3, 0.4) is 0 Å². The van der Waals surface area contributed by atoms with Crippen molar-refractivity contribution in [2.45, 2.75) is 258 Å². The number of rotatable bonds is 48. The number of ether oxygens (including phenoxy) is 3. The summed E-state index contributed by atoms with van der Waals surface area (Å²) in [5.74, 6) is -0.925. The fourth-order valence-corrected chi connectivity index (χ4v) is 7.33. The van der Waals surface area contributed by atoms with Gasteiger partial charge < -0.3 is 14.2 Å². The number of unbranched alkanes of at least 4 members (excludes halogenated alkanes) is 25. The minimum absolute atomic E-state index is 0.0911. The van der Waals surface area contributed by atoms with Crippen LogP contribution in [0.15, 0.2) is 85.1 Å². The lowest BCUT2D eigenvalue weighted by molar-refractivity contribution is -0.167. The molecule has 0 amide bonds. The van der Waals surface area contributed by atoms with E-state index in [1.54, 1.807) is 0 Å². The molecule has 0 aromatic carbocycles. The van der Waals surface area contributed by atoms with Crippen molar-refractivity contribution in [1.29, 1.82) is 0 Å². The molecule has 1 atom stereocenters. The highest BCUT2D eigenvalue weighted by Crippen LogP contribution is 2.14. The van der Waals surface area contributed by atoms with Crippen LogP contribution in [0.25, 0.3) is 0 Å². The van der Waals surface area contributed by atoms with E-state index in [0.29, 0.717) is 19.3 Å². The Morgan fingerprint density at radius 2 is 0.662 bits per heavy atom. The number of carbonyl (C=O) groups is 3. The number of esters is 3. The van der Waals surface area contributed by atoms with Crippen LogP contribution in [0, 0.1) is 0 Å². The summed E-state index contributed by atoms with van der Waals surface area (Å²) in [6.07, 6.45) is 68.5. The van der Waals surface area contributed by atoms with Crippen molar-refractivity contribution in [3.05, 3.63) is 85.1 Å². The van der Waals surface area contributed by atoms with Crippen LogP contribution in [0.5, 0.6) is 0 Å². The summed E-state index contributed by atoms with van der Waals surface area (Å²) >= 11 is 0. The molecule has 0 fully saturated rings. The second-order valence-electron chi connectivity index (χ2n) is 17.8. The van der Waals surface area contributed by atoms with E-state index in [1.807, 2.05) is 0 Å². The first-order valence-corrected chi connectivity index (χ1v) is 27.1. The average Bonchev–Trinajstić information content (AvgIpc) is 3.30. The molecule has 0 N–H and O–H groups in total. The van der Waals surface area contributed by atoms with Gasteiger partial charge in [-0.05, 0) is 103 Å². The van der Waals surface area contributed by atoms with Gasteiger partial charge >= 0.3 is 17.9 Å². The molecule has 0 spiro atoms. The highest BCUT2D eigenvalue weighted by molar-refractivity contribution is 5.71. The molecule has 0 aromatic rings. The van der Waals surface area contributed by atoms with Gasteiger partial charge in [-0.25, -0.2) is 0 Å². The fraction of sp³-hybridized carbons (Fsp3) is 0.712. The molecule has 0 saturated heterocycles. The molecule has 1 unspecified atom stereocenters. The standard InChI is InChI=1S/C59H100O6/c1-4-7-10-13-16-19-22-25-27-29-31-34-37-40-43-46-49-52-58(61)64-55-56(54-63-57(60)51-48-45-42-39-36-33-24-21-18-15-12-9-6-3)65-59(62)53-50-47-44-41-38-35-32-30-28-26-23-20-17-14-11-8-5-2/h9,12,15-21,24-28,56H,4-8,10-11,13-14,22-23,29-55H2,1-3H3/b12-9-,18-15-,19-16-,20-17-,24-21-,27-25-,28-26-. The van der Waals surface area contributed by atoms with Crippen LogP contribution in [0.4, 0.5) is 0 Å². The zero-order chi connectivity index (χ0) is 47.2. The number of allylic oxidation sites excluding steroid dienone is 14. The minimum atomic E-state index is -0.793. The summed E-state index contributed by atoms with van der Waals surface area (Å²) in [7, 11) is 0. The van der Waals surface area contributed by atoms with Crippen molar-refractivity contribution >= 4 is 17.9 Å². The van der Waals surface area contributed by atoms with E-state index in [0.717, 1.165) is 109 Å². The van der Waals surface area contributed by atoms with E-state index in [2.05, 4.69) is 106 Å². The summed E-state index contributed by atoms with van der Waals surface area (Å²) in [6.45, 7) is 6.43. The van der Waals surface area contributed by atoms with E-state index in [-0.39, 0.29) is 31.1 Å². The van der Waals surface area contributed by atoms with Gasteiger partial charge in [0, 0.05) is 19.3 Å². The van der Waals surface area contributed by atoms with Gasteiger partial charge in [0.15, 0.2) is 6.10 Å². The van der Waals surface area contributed by atoms with Crippen LogP contribution in [0.2, 0.25) is 0 Å². The molecule has 0 rings (SSSR count). The van der Waals surface area contributed by atoms with Gasteiger partial charge in [0.2, 0.25) is 0 Å². The molecule has 0 aliphatic carbocycles. The molecule has 372 valence electrons. The molecule has 6 nitrogen and oxygen atoms in total. The lowest BCUT2D eigenvalue weighted by atomic mass is 10.1. The largest absolute Gasteiger partial charge is 0.462 e. The van der Waals surface area contributed by atoms with Gasteiger partial charge in [0.25, 0.3) is 0 Å². The average molecular weight is 905 g/mol. The monoisotopic (exact) mass is 905 g/mol. The SMILES string of the molecule is CC\C=C/C=C\C=C/CCCCCCCC(=O)OCC(COC(=O)CCCCCCCCC/C=C\C/C=C\CCCCC)OC(=O)CCCCCCCCC/C=C\C/C=C\CCCCC. The van der Waals surface area contributed by atoms with E-state index in [4.69, 9.17) is 14.2 Å². The van der Waals surface area contributed by atoms with Crippen molar-refractivity contribution < 1.29 is 28.6 Å². The van der Waals surface area contributed by atoms with E-state index < -0.39 is 6.10 Å². The highest BCUT2D eigenvalue weighted by Gasteiger charge is 2.19. The molecule has 0 saturated carbocycles. The van der Waals surface area contributed by atoms with Gasteiger partial charge in [-0.3, -0.25) is 14.4 Å². The maximum absolute atomic E-state index is 12.8. The Hall–Kier alpha value is -3.41. The topological polar surface area (TPSA) is 78.9 Å². The van der Waals surface area contributed by atoms with Crippen LogP contribution in [-0.4, -0.2) is 37.2 Å². The van der Waals surface area contributed by atoms with Gasteiger partial charge in [-0.1, -0.05) is 215 Å². The van der Waals surface area contributed by atoms with Crippen molar-refractivity contribution in [3.8, 4) is 0 Å². The Kier molecular flexibility index (Phi) is 50.4. The quantitative estimate of drug-likeness (QED) is 0.0199. The third-order valence-corrected chi connectivity index (χ3v) is 11.4. The van der Waals surface area contributed by atoms with Gasteiger partial charge in [-0.15, -0.1) is 0 Å². The maximum Gasteiger partial charge on any atom is 0.306 e. The maximum atomic E-state index is 12.8. The third-order valence-electron chi connectivity index (χ3n) is 11.4. The zero-order valence-corrected chi connectivity index (χ0v) is 42.5. The second kappa shape index (κ2) is 53.2. The predicted octanol–water partition coefficient (Wildman–Crippen LogP) is 18.0.